The van der Waals surface area contributed by atoms with Gasteiger partial charge in [-0.1, -0.05) is 12.1 Å². The Bertz CT molecular complexity index is 468. The Kier molecular flexibility index (Phi) is 9.70. The highest BCUT2D eigenvalue weighted by Gasteiger charge is 2.22. The molecule has 7 heteroatoms. The van der Waals surface area contributed by atoms with Gasteiger partial charge in [0, 0.05) is 13.0 Å². The van der Waals surface area contributed by atoms with E-state index in [9.17, 15) is 9.90 Å². The van der Waals surface area contributed by atoms with Crippen molar-refractivity contribution in [2.75, 3.05) is 32.2 Å². The third-order valence-electron chi connectivity index (χ3n) is 3.09. The van der Waals surface area contributed by atoms with E-state index in [0.717, 1.165) is 0 Å². The minimum atomic E-state index is -0.873. The molecule has 0 unspecified atom stereocenters. The van der Waals surface area contributed by atoms with Gasteiger partial charge in [-0.05, 0) is 24.6 Å². The fourth-order valence-electron chi connectivity index (χ4n) is 2.05. The SMILES string of the molecule is CCO[C@@H](CCOC(=O)CS)[C@@H](O)c1cccc(OCCO)c1. The normalized spacial score (nSPS) is 13.4. The highest BCUT2D eigenvalue weighted by atomic mass is 32.1. The molecule has 23 heavy (non-hydrogen) atoms. The van der Waals surface area contributed by atoms with Crippen molar-refractivity contribution in [2.45, 2.75) is 25.6 Å². The summed E-state index contributed by atoms with van der Waals surface area (Å²) in [6, 6.07) is 6.97. The van der Waals surface area contributed by atoms with Crippen LogP contribution in [0.15, 0.2) is 24.3 Å². The molecule has 0 amide bonds. The van der Waals surface area contributed by atoms with Crippen LogP contribution in [0.25, 0.3) is 0 Å². The predicted molar refractivity (Wildman–Crippen MR) is 88.8 cm³/mol. The molecule has 0 aliphatic carbocycles. The minimum Gasteiger partial charge on any atom is -0.491 e. The van der Waals surface area contributed by atoms with Crippen molar-refractivity contribution < 1.29 is 29.2 Å². The quantitative estimate of drug-likeness (QED) is 0.415. The average Bonchev–Trinajstić information content (AvgIpc) is 2.58. The van der Waals surface area contributed by atoms with Crippen molar-refractivity contribution in [1.29, 1.82) is 0 Å². The number of thiol groups is 1. The van der Waals surface area contributed by atoms with Crippen LogP contribution in [-0.4, -0.2) is 54.5 Å². The zero-order valence-corrected chi connectivity index (χ0v) is 14.1. The zero-order chi connectivity index (χ0) is 17.1. The Morgan fingerprint density at radius 2 is 2.13 bits per heavy atom. The van der Waals surface area contributed by atoms with Crippen molar-refractivity contribution in [3.8, 4) is 5.75 Å². The highest BCUT2D eigenvalue weighted by Crippen LogP contribution is 2.25. The summed E-state index contributed by atoms with van der Waals surface area (Å²) in [4.78, 5) is 11.1. The van der Waals surface area contributed by atoms with Crippen LogP contribution in [0.1, 0.15) is 25.0 Å². The number of rotatable bonds is 11. The number of ether oxygens (including phenoxy) is 3. The lowest BCUT2D eigenvalue weighted by molar-refractivity contribution is -0.142. The molecular formula is C16H24O6S. The number of carbonyl (C=O) groups excluding carboxylic acids is 1. The van der Waals surface area contributed by atoms with E-state index in [4.69, 9.17) is 19.3 Å². The molecule has 0 saturated heterocycles. The maximum absolute atomic E-state index is 11.1. The first-order valence-corrected chi connectivity index (χ1v) is 8.15. The van der Waals surface area contributed by atoms with Gasteiger partial charge in [0.2, 0.25) is 0 Å². The first kappa shape index (κ1) is 19.8. The molecule has 0 bridgehead atoms. The summed E-state index contributed by atoms with van der Waals surface area (Å²) in [7, 11) is 0. The molecule has 0 aliphatic heterocycles. The molecule has 1 aromatic carbocycles. The van der Waals surface area contributed by atoms with Gasteiger partial charge in [0.15, 0.2) is 0 Å². The molecule has 1 rings (SSSR count). The van der Waals surface area contributed by atoms with Crippen LogP contribution in [0.3, 0.4) is 0 Å². The number of esters is 1. The Hall–Kier alpha value is -1.28. The number of benzene rings is 1. The van der Waals surface area contributed by atoms with Gasteiger partial charge in [0.1, 0.15) is 18.5 Å². The summed E-state index contributed by atoms with van der Waals surface area (Å²) in [5.41, 5.74) is 0.638. The van der Waals surface area contributed by atoms with E-state index in [2.05, 4.69) is 12.6 Å². The Balaban J connectivity index is 2.68. The van der Waals surface area contributed by atoms with E-state index in [1.807, 2.05) is 6.92 Å². The topological polar surface area (TPSA) is 85.2 Å². The molecule has 0 spiro atoms. The first-order valence-electron chi connectivity index (χ1n) is 7.52. The third kappa shape index (κ3) is 7.22. The second-order valence-electron chi connectivity index (χ2n) is 4.75. The van der Waals surface area contributed by atoms with Crippen molar-refractivity contribution in [2.24, 2.45) is 0 Å². The highest BCUT2D eigenvalue weighted by molar-refractivity contribution is 7.81. The first-order chi connectivity index (χ1) is 11.1. The summed E-state index contributed by atoms with van der Waals surface area (Å²) in [6.45, 7) is 2.53. The molecule has 130 valence electrons. The van der Waals surface area contributed by atoms with Crippen LogP contribution < -0.4 is 4.74 Å². The molecular weight excluding hydrogens is 320 g/mol. The van der Waals surface area contributed by atoms with Gasteiger partial charge in [-0.15, -0.1) is 0 Å². The van der Waals surface area contributed by atoms with E-state index in [-0.39, 0.29) is 25.6 Å². The third-order valence-corrected chi connectivity index (χ3v) is 3.35. The van der Waals surface area contributed by atoms with Crippen molar-refractivity contribution in [1.82, 2.24) is 0 Å². The molecule has 0 aromatic heterocycles. The van der Waals surface area contributed by atoms with Gasteiger partial charge < -0.3 is 24.4 Å². The standard InChI is InChI=1S/C16H24O6S/c1-2-20-14(6-8-22-15(18)11-23)16(19)12-4-3-5-13(10-12)21-9-7-17/h3-5,10,14,16-17,19,23H,2,6-9,11H2,1H3/t14-,16-/m0/s1. The van der Waals surface area contributed by atoms with Gasteiger partial charge in [0.25, 0.3) is 0 Å². The summed E-state index contributed by atoms with van der Waals surface area (Å²) < 4.78 is 15.9. The van der Waals surface area contributed by atoms with E-state index >= 15 is 0 Å². The molecule has 2 atom stereocenters. The molecule has 0 saturated carbocycles. The van der Waals surface area contributed by atoms with Crippen LogP contribution in [0, 0.1) is 0 Å². The second kappa shape index (κ2) is 11.3. The van der Waals surface area contributed by atoms with Crippen molar-refractivity contribution in [3.63, 3.8) is 0 Å². The number of carbonyl (C=O) groups is 1. The average molecular weight is 344 g/mol. The molecule has 0 aliphatic rings. The molecule has 0 fully saturated rings. The van der Waals surface area contributed by atoms with Crippen LogP contribution in [0.4, 0.5) is 0 Å². The Morgan fingerprint density at radius 1 is 1.35 bits per heavy atom. The van der Waals surface area contributed by atoms with E-state index in [1.54, 1.807) is 24.3 Å². The fourth-order valence-corrected chi connectivity index (χ4v) is 2.14. The van der Waals surface area contributed by atoms with Crippen molar-refractivity contribution in [3.05, 3.63) is 29.8 Å². The Morgan fingerprint density at radius 3 is 2.78 bits per heavy atom. The fraction of sp³-hybridized carbons (Fsp3) is 0.562. The largest absolute Gasteiger partial charge is 0.491 e. The van der Waals surface area contributed by atoms with Crippen LogP contribution in [0.2, 0.25) is 0 Å². The monoisotopic (exact) mass is 344 g/mol. The van der Waals surface area contributed by atoms with Crippen LogP contribution in [0.5, 0.6) is 5.75 Å². The van der Waals surface area contributed by atoms with E-state index in [0.29, 0.717) is 24.3 Å². The summed E-state index contributed by atoms with van der Waals surface area (Å²) >= 11 is 3.83. The Labute approximate surface area is 141 Å². The van der Waals surface area contributed by atoms with Gasteiger partial charge in [-0.25, -0.2) is 0 Å². The lowest BCUT2D eigenvalue weighted by Crippen LogP contribution is -2.25. The number of aliphatic hydroxyl groups is 2. The lowest BCUT2D eigenvalue weighted by Gasteiger charge is -2.23. The molecule has 0 radical (unpaired) electrons. The van der Waals surface area contributed by atoms with E-state index in [1.165, 1.54) is 0 Å². The van der Waals surface area contributed by atoms with Crippen LogP contribution >= 0.6 is 12.6 Å². The predicted octanol–water partition coefficient (Wildman–Crippen LogP) is 1.36. The number of hydrogen-bond donors (Lipinski definition) is 3. The smallest absolute Gasteiger partial charge is 0.315 e. The summed E-state index contributed by atoms with van der Waals surface area (Å²) in [5, 5.41) is 19.3. The molecule has 1 aromatic rings. The van der Waals surface area contributed by atoms with Gasteiger partial charge in [0.05, 0.1) is 25.1 Å². The zero-order valence-electron chi connectivity index (χ0n) is 13.2. The van der Waals surface area contributed by atoms with Crippen molar-refractivity contribution >= 4 is 18.6 Å². The number of hydrogen-bond acceptors (Lipinski definition) is 7. The summed E-state index contributed by atoms with van der Waals surface area (Å²) in [5.74, 6) is 0.177. The maximum Gasteiger partial charge on any atom is 0.315 e. The molecule has 2 N–H and O–H groups in total. The van der Waals surface area contributed by atoms with Crippen LogP contribution in [-0.2, 0) is 14.3 Å². The number of aliphatic hydroxyl groups excluding tert-OH is 2. The van der Waals surface area contributed by atoms with Gasteiger partial charge >= 0.3 is 5.97 Å². The molecule has 0 heterocycles. The van der Waals surface area contributed by atoms with Gasteiger partial charge in [-0.3, -0.25) is 4.79 Å². The minimum absolute atomic E-state index is 0.0199. The second-order valence-corrected chi connectivity index (χ2v) is 5.07. The summed E-state index contributed by atoms with van der Waals surface area (Å²) in [6.07, 6.45) is -1.00. The lowest BCUT2D eigenvalue weighted by atomic mass is 10.0. The van der Waals surface area contributed by atoms with Gasteiger partial charge in [-0.2, -0.15) is 12.6 Å². The maximum atomic E-state index is 11.1. The van der Waals surface area contributed by atoms with E-state index < -0.39 is 18.2 Å². The molecule has 6 nitrogen and oxygen atoms in total.